The van der Waals surface area contributed by atoms with Crippen LogP contribution < -0.4 is 0 Å². The Hall–Kier alpha value is 0. The molecule has 16 spiro atoms. The Labute approximate surface area is 688 Å². The number of hydrogen-bond acceptors (Lipinski definition) is 0. The third-order valence-corrected chi connectivity index (χ3v) is 74.2. The summed E-state index contributed by atoms with van der Waals surface area (Å²) in [6.45, 7) is 179. The van der Waals surface area contributed by atoms with Crippen molar-refractivity contribution in [3.05, 3.63) is 48.7 Å². The molecule has 36 saturated carbocycles. The monoisotopic (exact) mass is 1520 g/mol. The van der Waals surface area contributed by atoms with E-state index in [-0.39, 0.29) is 276 Å². The molecule has 0 aliphatic heterocycles. The van der Waals surface area contributed by atoms with Gasteiger partial charge in [0.2, 0.25) is 0 Å². The van der Waals surface area contributed by atoms with Crippen molar-refractivity contribution in [1.29, 1.82) is 0 Å². The van der Waals surface area contributed by atoms with Crippen molar-refractivity contribution >= 4 is 0 Å². The van der Waals surface area contributed by atoms with Crippen LogP contribution in [0.25, 0.3) is 0 Å². The highest BCUT2D eigenvalue weighted by Gasteiger charge is 3.39. The van der Waals surface area contributed by atoms with E-state index in [4.69, 9.17) is 0 Å². The Kier molecular flexibility index (Phi) is 8.49. The SMILES string of the molecule is CC(C)C1(C)C23C(C)C4(C)C5(C)C6(C)C(C)(C)C7(C)C(C)(C)C58CC59C(C)(C)C%10(C)C(C)(C)C(C)(C(C)(C)C%11%12C(C)C%13%14C(C)(C)C%15(C)C(C)(C)C%16(C)C(C)(C)C%17%18CC%19%20C(C)(C)C%21(C)C(C)(C)C%22(C)C(C)(C)C%23%24CC%25(C6(C)C)C7(C)C(C)(CC6(C(C)(C)C(CC(C)(C%10%11C)C%16%13C)(C5%122)C%17%14C1(C(C)(C)C(C)(C%22%19C)C%15%18C)C%23%206)C%2583)C%21%24C)C49C. The summed E-state index contributed by atoms with van der Waals surface area (Å²) in [6, 6.07) is 0. The van der Waals surface area contributed by atoms with Crippen LogP contribution in [0.5, 0.6) is 0 Å². The molecule has 36 rings (SSSR count). The predicted molar refractivity (Wildman–Crippen MR) is 466 cm³/mol. The molecule has 0 radical (unpaired) electrons. The number of hydrogen-bond donors (Lipinski definition) is 0. The maximum absolute atomic E-state index is 3.71. The lowest BCUT2D eigenvalue weighted by Crippen LogP contribution is -3.31. The van der Waals surface area contributed by atoms with Crippen molar-refractivity contribution in [3.8, 4) is 0 Å². The average Bonchev–Trinajstić information content (AvgIpc) is 0.487. The molecule has 39 atom stereocenters. The molecule has 0 aromatic heterocycles. The summed E-state index contributed by atoms with van der Waals surface area (Å²) in [7, 11) is 0. The summed E-state index contributed by atoms with van der Waals surface area (Å²) in [6.07, 6.45) is 7.41. The van der Waals surface area contributed by atoms with Crippen molar-refractivity contribution < 1.29 is 0 Å². The quantitative estimate of drug-likeness (QED) is 0.245. The lowest BCUT2D eigenvalue weighted by atomic mass is 8.68. The zero-order chi connectivity index (χ0) is 83.8. The third kappa shape index (κ3) is 2.75. The molecule has 0 saturated heterocycles. The summed E-state index contributed by atoms with van der Waals surface area (Å²) in [5.74, 6) is 1.30. The molecule has 112 heavy (non-hydrogen) atoms. The van der Waals surface area contributed by atoms with Gasteiger partial charge in [-0.1, -0.05) is 367 Å². The van der Waals surface area contributed by atoms with Crippen molar-refractivity contribution in [3.63, 3.8) is 0 Å². The second kappa shape index (κ2) is 13.1. The van der Waals surface area contributed by atoms with Crippen LogP contribution in [0.15, 0.2) is 0 Å². The van der Waals surface area contributed by atoms with Crippen molar-refractivity contribution in [2.24, 2.45) is 245 Å². The van der Waals surface area contributed by atoms with E-state index in [0.29, 0.717) is 17.8 Å². The summed E-state index contributed by atoms with van der Waals surface area (Å²) < 4.78 is 0. The highest BCUT2D eigenvalue weighted by molar-refractivity contribution is 6.12. The highest BCUT2D eigenvalue weighted by atomic mass is 15.4. The van der Waals surface area contributed by atoms with E-state index in [2.05, 4.69) is 367 Å². The first kappa shape index (κ1) is 72.5. The van der Waals surface area contributed by atoms with Crippen molar-refractivity contribution in [2.75, 3.05) is 0 Å². The van der Waals surface area contributed by atoms with E-state index < -0.39 is 0 Å². The zero-order valence-electron chi connectivity index (χ0n) is 83.8. The Morgan fingerprint density at radius 2 is 0.420 bits per heavy atom. The summed E-state index contributed by atoms with van der Waals surface area (Å²) in [5.41, 5.74) is -6.04. The second-order valence-electron chi connectivity index (χ2n) is 63.8. The Bertz CT molecular complexity index is 5220. The fourth-order valence-electron chi connectivity index (χ4n) is 76.4. The van der Waals surface area contributed by atoms with Gasteiger partial charge in [0.05, 0.1) is 0 Å². The van der Waals surface area contributed by atoms with E-state index >= 15 is 0 Å². The molecule has 0 N–H and O–H groups in total. The van der Waals surface area contributed by atoms with Crippen LogP contribution >= 0.6 is 0 Å². The summed E-state index contributed by atoms with van der Waals surface area (Å²) in [5, 5.41) is 0. The van der Waals surface area contributed by atoms with E-state index in [1.807, 2.05) is 0 Å². The predicted octanol–water partition coefficient (Wildman–Crippen LogP) is 30.2. The van der Waals surface area contributed by atoms with Crippen LogP contribution in [-0.2, 0) is 0 Å². The van der Waals surface area contributed by atoms with Crippen LogP contribution in [0.1, 0.15) is 399 Å². The fraction of sp³-hybridized carbons (Fsp3) is 1.00. The highest BCUT2D eigenvalue weighted by Crippen LogP contribution is 3.44. The fourth-order valence-corrected chi connectivity index (χ4v) is 76.4. The zero-order valence-corrected chi connectivity index (χ0v) is 83.8. The minimum Gasteiger partial charge on any atom is -0.0622 e. The van der Waals surface area contributed by atoms with Gasteiger partial charge in [-0.3, -0.25) is 0 Å². The average molecular weight is 1520 g/mol. The van der Waals surface area contributed by atoms with Gasteiger partial charge in [-0.2, -0.15) is 0 Å². The Morgan fingerprint density at radius 1 is 0.170 bits per heavy atom. The van der Waals surface area contributed by atoms with Gasteiger partial charge in [0, 0.05) is 0 Å². The van der Waals surface area contributed by atoms with Crippen LogP contribution in [0.3, 0.4) is 0 Å². The van der Waals surface area contributed by atoms with Gasteiger partial charge in [-0.15, -0.1) is 0 Å². The molecule has 620 valence electrons. The number of rotatable bonds is 1. The Morgan fingerprint density at radius 3 is 0.777 bits per heavy atom. The molecule has 0 heteroatoms. The van der Waals surface area contributed by atoms with Crippen LogP contribution in [-0.4, -0.2) is 0 Å². The molecule has 36 bridgehead atoms. The maximum atomic E-state index is 3.71. The molecule has 0 heterocycles. The molecule has 0 nitrogen and oxygen atoms in total. The van der Waals surface area contributed by atoms with Gasteiger partial charge in [0.15, 0.2) is 0 Å². The van der Waals surface area contributed by atoms with Gasteiger partial charge >= 0.3 is 0 Å². The normalized spacial score (nSPS) is 80.1. The van der Waals surface area contributed by atoms with Gasteiger partial charge in [0.25, 0.3) is 0 Å². The molecule has 0 amide bonds. The first-order chi connectivity index (χ1) is 49.3. The molecular formula is C112H172. The molecule has 0 aromatic rings. The van der Waals surface area contributed by atoms with Crippen LogP contribution in [0.4, 0.5) is 0 Å². The lowest BCUT2D eigenvalue weighted by Gasteiger charge is -3.35. The second-order valence-corrected chi connectivity index (χ2v) is 63.8. The largest absolute Gasteiger partial charge is 0.0622 e. The lowest BCUT2D eigenvalue weighted by molar-refractivity contribution is -0.784. The topological polar surface area (TPSA) is 0 Å². The summed E-state index contributed by atoms with van der Waals surface area (Å²) in [4.78, 5) is 0. The van der Waals surface area contributed by atoms with E-state index in [1.54, 1.807) is 0 Å². The summed E-state index contributed by atoms with van der Waals surface area (Å²) >= 11 is 0. The molecule has 36 aliphatic rings. The van der Waals surface area contributed by atoms with E-state index in [0.717, 1.165) is 0 Å². The molecule has 36 fully saturated rings. The van der Waals surface area contributed by atoms with Gasteiger partial charge in [0.1, 0.15) is 0 Å². The maximum Gasteiger partial charge on any atom is -0.00185 e. The van der Waals surface area contributed by atoms with Crippen LogP contribution in [0.2, 0.25) is 0 Å². The van der Waals surface area contributed by atoms with E-state index in [9.17, 15) is 0 Å². The van der Waals surface area contributed by atoms with Crippen molar-refractivity contribution in [2.45, 2.75) is 399 Å². The third-order valence-electron chi connectivity index (χ3n) is 74.2. The molecule has 0 aromatic carbocycles. The molecular weight excluding hydrogens is 1350 g/mol. The van der Waals surface area contributed by atoms with E-state index in [1.165, 1.54) is 32.1 Å². The van der Waals surface area contributed by atoms with Crippen molar-refractivity contribution in [1.82, 2.24) is 0 Å². The molecule has 39 unspecified atom stereocenters. The van der Waals surface area contributed by atoms with Gasteiger partial charge in [-0.25, -0.2) is 0 Å². The smallest absolute Gasteiger partial charge is 0.00185 e. The minimum atomic E-state index is -0.198. The van der Waals surface area contributed by atoms with Gasteiger partial charge in [-0.05, 0) is 326 Å². The van der Waals surface area contributed by atoms with Gasteiger partial charge < -0.3 is 0 Å². The standard InChI is InChI=1S/C112H172/c1-59(2)78(35)107-60(3)79(36)93(50)84(41)62(5,6)80(37)66(13,14)99(93)57-100-68(17,18)82(39)64(9,10)86(43,94(79,100)51)72(25,26)105-61(4)106-73(27,28)87(44)65(11,12)83(40)69(19,20)102-58-101-67(15,16)81(38)63(7,8)85(42)71(23,24)98-56-97(70(84,21)22)89(80,46)76(33,90(81,98)47)54-103(109(97,99)107)75(31,32)104(111(100,105)107,55-77(34,91(82,105)48)92(83,106)49)112(102,106)108(78,110(98,101)103)74(29,30)88(45,95(85,101)52)96(87,102)53/h59-61H,54-58H2,1-53H3. The minimum absolute atomic E-state index is 0.0784. The first-order valence-electron chi connectivity index (χ1n) is 49.3. The molecule has 36 aliphatic carbocycles. The Balaban J connectivity index is 1.12. The first-order valence-corrected chi connectivity index (χ1v) is 49.3. The van der Waals surface area contributed by atoms with Crippen LogP contribution in [0, 0.1) is 294 Å².